The highest BCUT2D eigenvalue weighted by atomic mass is 15.3. The van der Waals surface area contributed by atoms with E-state index < -0.39 is 0 Å². The van der Waals surface area contributed by atoms with Crippen LogP contribution in [0.1, 0.15) is 70.8 Å². The average molecular weight is 265 g/mol. The molecule has 2 atom stereocenters. The van der Waals surface area contributed by atoms with Crippen LogP contribution in [-0.4, -0.2) is 16.3 Å². The first kappa shape index (κ1) is 16.2. The Hall–Kier alpha value is -0.830. The van der Waals surface area contributed by atoms with Crippen LogP contribution in [0.2, 0.25) is 0 Å². The topological polar surface area (TPSA) is 29.9 Å². The highest BCUT2D eigenvalue weighted by Gasteiger charge is 2.18. The number of aromatic nitrogens is 2. The van der Waals surface area contributed by atoms with Crippen LogP contribution in [0.25, 0.3) is 0 Å². The summed E-state index contributed by atoms with van der Waals surface area (Å²) in [6, 6.07) is 2.69. The van der Waals surface area contributed by atoms with E-state index in [2.05, 4.69) is 55.8 Å². The Morgan fingerprint density at radius 2 is 2.00 bits per heavy atom. The lowest BCUT2D eigenvalue weighted by Crippen LogP contribution is -2.26. The van der Waals surface area contributed by atoms with Gasteiger partial charge >= 0.3 is 0 Å². The number of nitrogens with one attached hydrogen (secondary N) is 1. The van der Waals surface area contributed by atoms with Gasteiger partial charge in [0.1, 0.15) is 0 Å². The smallest absolute Gasteiger partial charge is 0.0597 e. The predicted octanol–water partition coefficient (Wildman–Crippen LogP) is 4.08. The maximum Gasteiger partial charge on any atom is 0.0597 e. The number of hydrogen-bond acceptors (Lipinski definition) is 2. The average Bonchev–Trinajstić information content (AvgIpc) is 2.76. The number of hydrogen-bond donors (Lipinski definition) is 1. The summed E-state index contributed by atoms with van der Waals surface area (Å²) in [4.78, 5) is 0. The van der Waals surface area contributed by atoms with Crippen molar-refractivity contribution in [3.05, 3.63) is 17.5 Å². The van der Waals surface area contributed by atoms with E-state index in [1.807, 2.05) is 0 Å². The van der Waals surface area contributed by atoms with Crippen molar-refractivity contribution < 1.29 is 0 Å². The van der Waals surface area contributed by atoms with Crippen LogP contribution in [0.4, 0.5) is 0 Å². The molecule has 0 saturated carbocycles. The van der Waals surface area contributed by atoms with Crippen molar-refractivity contribution in [2.45, 2.75) is 72.9 Å². The molecule has 1 aromatic heterocycles. The van der Waals surface area contributed by atoms with Gasteiger partial charge in [0.25, 0.3) is 0 Å². The Kier molecular flexibility index (Phi) is 7.14. The van der Waals surface area contributed by atoms with Gasteiger partial charge in [-0.1, -0.05) is 33.6 Å². The molecular formula is C16H31N3. The third-order valence-electron chi connectivity index (χ3n) is 3.65. The molecule has 3 heteroatoms. The van der Waals surface area contributed by atoms with Gasteiger partial charge in [-0.2, -0.15) is 5.10 Å². The summed E-state index contributed by atoms with van der Waals surface area (Å²) in [6.07, 6.45) is 4.97. The second-order valence-corrected chi connectivity index (χ2v) is 5.66. The van der Waals surface area contributed by atoms with E-state index in [0.717, 1.165) is 24.7 Å². The zero-order chi connectivity index (χ0) is 14.3. The minimum absolute atomic E-state index is 0.447. The molecule has 2 unspecified atom stereocenters. The number of rotatable bonds is 9. The Morgan fingerprint density at radius 3 is 2.58 bits per heavy atom. The Balaban J connectivity index is 2.82. The molecule has 1 rings (SSSR count). The zero-order valence-electron chi connectivity index (χ0n) is 13.4. The summed E-state index contributed by atoms with van der Waals surface area (Å²) in [5.74, 6) is 0.764. The van der Waals surface area contributed by atoms with Gasteiger partial charge in [0, 0.05) is 12.6 Å². The van der Waals surface area contributed by atoms with Crippen molar-refractivity contribution in [1.82, 2.24) is 15.1 Å². The normalized spacial score (nSPS) is 14.6. The lowest BCUT2D eigenvalue weighted by molar-refractivity contribution is 0.372. The monoisotopic (exact) mass is 265 g/mol. The van der Waals surface area contributed by atoms with Gasteiger partial charge in [-0.3, -0.25) is 4.68 Å². The molecule has 0 aliphatic heterocycles. The van der Waals surface area contributed by atoms with Crippen LogP contribution in [0, 0.1) is 12.8 Å². The molecule has 0 spiro atoms. The minimum atomic E-state index is 0.447. The van der Waals surface area contributed by atoms with Gasteiger partial charge in [0.05, 0.1) is 11.4 Å². The van der Waals surface area contributed by atoms with E-state index >= 15 is 0 Å². The molecule has 110 valence electrons. The predicted molar refractivity (Wildman–Crippen MR) is 82.4 cm³/mol. The standard InChI is InChI=1S/C16H31N3/c1-6-9-13(4)11-15(17-10-7-2)16-12-14(5)18-19(16)8-3/h12-13,15,17H,6-11H2,1-5H3. The Labute approximate surface area is 118 Å². The summed E-state index contributed by atoms with van der Waals surface area (Å²) < 4.78 is 2.15. The van der Waals surface area contributed by atoms with Crippen molar-refractivity contribution in [1.29, 1.82) is 0 Å². The zero-order valence-corrected chi connectivity index (χ0v) is 13.4. The van der Waals surface area contributed by atoms with Gasteiger partial charge in [-0.25, -0.2) is 0 Å². The summed E-state index contributed by atoms with van der Waals surface area (Å²) >= 11 is 0. The molecule has 19 heavy (non-hydrogen) atoms. The fourth-order valence-corrected chi connectivity index (χ4v) is 2.74. The summed E-state index contributed by atoms with van der Waals surface area (Å²) in [5.41, 5.74) is 2.49. The van der Waals surface area contributed by atoms with Crippen molar-refractivity contribution >= 4 is 0 Å². The first-order chi connectivity index (χ1) is 9.12. The first-order valence-corrected chi connectivity index (χ1v) is 7.90. The molecule has 3 nitrogen and oxygen atoms in total. The van der Waals surface area contributed by atoms with E-state index in [9.17, 15) is 0 Å². The molecule has 0 fully saturated rings. The summed E-state index contributed by atoms with van der Waals surface area (Å²) in [5, 5.41) is 8.29. The van der Waals surface area contributed by atoms with Gasteiger partial charge in [0.2, 0.25) is 0 Å². The van der Waals surface area contributed by atoms with E-state index in [4.69, 9.17) is 0 Å². The Bertz CT molecular complexity index is 357. The van der Waals surface area contributed by atoms with Crippen LogP contribution in [0.15, 0.2) is 6.07 Å². The molecule has 1 aromatic rings. The molecule has 0 amide bonds. The molecule has 1 N–H and O–H groups in total. The molecule has 0 aromatic carbocycles. The largest absolute Gasteiger partial charge is 0.309 e. The van der Waals surface area contributed by atoms with Gasteiger partial charge in [-0.15, -0.1) is 0 Å². The van der Waals surface area contributed by atoms with Crippen molar-refractivity contribution in [2.24, 2.45) is 5.92 Å². The molecule has 0 radical (unpaired) electrons. The van der Waals surface area contributed by atoms with Crippen molar-refractivity contribution in [3.8, 4) is 0 Å². The van der Waals surface area contributed by atoms with Crippen LogP contribution >= 0.6 is 0 Å². The van der Waals surface area contributed by atoms with Crippen LogP contribution in [0.3, 0.4) is 0 Å². The summed E-state index contributed by atoms with van der Waals surface area (Å²) in [7, 11) is 0. The summed E-state index contributed by atoms with van der Waals surface area (Å²) in [6.45, 7) is 13.1. The van der Waals surface area contributed by atoms with Crippen molar-refractivity contribution in [2.75, 3.05) is 6.54 Å². The molecule has 0 bridgehead atoms. The first-order valence-electron chi connectivity index (χ1n) is 7.90. The third kappa shape index (κ3) is 4.98. The lowest BCUT2D eigenvalue weighted by Gasteiger charge is -2.23. The van der Waals surface area contributed by atoms with Gasteiger partial charge < -0.3 is 5.32 Å². The Morgan fingerprint density at radius 1 is 1.26 bits per heavy atom. The highest BCUT2D eigenvalue weighted by molar-refractivity contribution is 5.13. The van der Waals surface area contributed by atoms with Gasteiger partial charge in [0.15, 0.2) is 0 Å². The van der Waals surface area contributed by atoms with Crippen LogP contribution < -0.4 is 5.32 Å². The van der Waals surface area contributed by atoms with E-state index in [0.29, 0.717) is 6.04 Å². The van der Waals surface area contributed by atoms with E-state index in [1.165, 1.54) is 31.4 Å². The number of nitrogens with zero attached hydrogens (tertiary/aromatic N) is 2. The fraction of sp³-hybridized carbons (Fsp3) is 0.812. The second kappa shape index (κ2) is 8.36. The molecule has 0 aliphatic rings. The number of aryl methyl sites for hydroxylation is 2. The van der Waals surface area contributed by atoms with E-state index in [-0.39, 0.29) is 0 Å². The highest BCUT2D eigenvalue weighted by Crippen LogP contribution is 2.24. The molecule has 0 aliphatic carbocycles. The molecular weight excluding hydrogens is 234 g/mol. The van der Waals surface area contributed by atoms with Gasteiger partial charge in [-0.05, 0) is 45.2 Å². The maximum atomic E-state index is 4.59. The second-order valence-electron chi connectivity index (χ2n) is 5.66. The van der Waals surface area contributed by atoms with Crippen molar-refractivity contribution in [3.63, 3.8) is 0 Å². The van der Waals surface area contributed by atoms with Crippen LogP contribution in [0.5, 0.6) is 0 Å². The fourth-order valence-electron chi connectivity index (χ4n) is 2.74. The maximum absolute atomic E-state index is 4.59. The third-order valence-corrected chi connectivity index (χ3v) is 3.65. The molecule has 0 saturated heterocycles. The molecule has 1 heterocycles. The van der Waals surface area contributed by atoms with Crippen LogP contribution in [-0.2, 0) is 6.54 Å². The van der Waals surface area contributed by atoms with E-state index in [1.54, 1.807) is 0 Å². The SMILES string of the molecule is CCCNC(CC(C)CCC)c1cc(C)nn1CC. The quantitative estimate of drug-likeness (QED) is 0.729. The lowest BCUT2D eigenvalue weighted by atomic mass is 9.95. The minimum Gasteiger partial charge on any atom is -0.309 e.